The number of rotatable bonds is 4. The van der Waals surface area contributed by atoms with Crippen LogP contribution in [0.3, 0.4) is 0 Å². The van der Waals surface area contributed by atoms with Gasteiger partial charge in [-0.05, 0) is 37.0 Å². The maximum atomic E-state index is 12.9. The van der Waals surface area contributed by atoms with Crippen molar-refractivity contribution in [1.29, 1.82) is 0 Å². The van der Waals surface area contributed by atoms with E-state index in [0.717, 1.165) is 23.4 Å². The van der Waals surface area contributed by atoms with Crippen LogP contribution in [0.4, 0.5) is 5.95 Å². The van der Waals surface area contributed by atoms with E-state index in [-0.39, 0.29) is 17.6 Å². The van der Waals surface area contributed by atoms with Gasteiger partial charge in [-0.2, -0.15) is 0 Å². The number of nitrogens with zero attached hydrogens (tertiary/aromatic N) is 4. The van der Waals surface area contributed by atoms with Crippen molar-refractivity contribution in [3.8, 4) is 0 Å². The molecule has 1 saturated heterocycles. The number of aryl methyl sites for hydroxylation is 1. The lowest BCUT2D eigenvalue weighted by molar-refractivity contribution is 0.0713. The van der Waals surface area contributed by atoms with Gasteiger partial charge in [0.1, 0.15) is 0 Å². The summed E-state index contributed by atoms with van der Waals surface area (Å²) in [5.74, 6) is 1.13. The number of carbonyl (C=O) groups excluding carboxylic acids is 2. The number of carbonyl (C=O) groups is 2. The van der Waals surface area contributed by atoms with Crippen molar-refractivity contribution in [2.24, 2.45) is 5.92 Å². The van der Waals surface area contributed by atoms with Crippen LogP contribution >= 0.6 is 0 Å². The molecule has 5 rings (SSSR count). The molecule has 7 nitrogen and oxygen atoms in total. The first-order chi connectivity index (χ1) is 16.1. The SMILES string of the molecule is Cc1nc(N2CCN(C(=O)c3ccco3)CC2)nc2c1C(=O)C[C@H](/C=C/c1ccccc1)C2. The third-order valence-electron chi connectivity index (χ3n) is 6.28. The van der Waals surface area contributed by atoms with Gasteiger partial charge in [0.15, 0.2) is 11.5 Å². The van der Waals surface area contributed by atoms with E-state index in [1.165, 1.54) is 6.26 Å². The highest BCUT2D eigenvalue weighted by Gasteiger charge is 2.30. The van der Waals surface area contributed by atoms with Gasteiger partial charge in [0.25, 0.3) is 5.91 Å². The first-order valence-corrected chi connectivity index (χ1v) is 11.3. The Morgan fingerprint density at radius 1 is 1.03 bits per heavy atom. The number of hydrogen-bond acceptors (Lipinski definition) is 6. The van der Waals surface area contributed by atoms with E-state index < -0.39 is 0 Å². The van der Waals surface area contributed by atoms with Gasteiger partial charge in [-0.15, -0.1) is 0 Å². The molecule has 0 saturated carbocycles. The summed E-state index contributed by atoms with van der Waals surface area (Å²) in [6.45, 7) is 4.30. The number of allylic oxidation sites excluding steroid dienone is 1. The normalized spacial score (nSPS) is 18.6. The van der Waals surface area contributed by atoms with Crippen LogP contribution in [-0.2, 0) is 6.42 Å². The Morgan fingerprint density at radius 3 is 2.55 bits per heavy atom. The summed E-state index contributed by atoms with van der Waals surface area (Å²) < 4.78 is 5.24. The number of piperazine rings is 1. The van der Waals surface area contributed by atoms with Crippen molar-refractivity contribution in [1.82, 2.24) is 14.9 Å². The molecule has 0 spiro atoms. The molecule has 1 aromatic carbocycles. The number of ketones is 1. The fraction of sp³-hybridized carbons (Fsp3) is 0.308. The van der Waals surface area contributed by atoms with E-state index >= 15 is 0 Å². The lowest BCUT2D eigenvalue weighted by Gasteiger charge is -2.35. The zero-order valence-electron chi connectivity index (χ0n) is 18.6. The molecule has 0 N–H and O–H groups in total. The molecule has 1 amide bonds. The van der Waals surface area contributed by atoms with Gasteiger partial charge in [0, 0.05) is 32.6 Å². The topological polar surface area (TPSA) is 79.5 Å². The highest BCUT2D eigenvalue weighted by Crippen LogP contribution is 2.29. The van der Waals surface area contributed by atoms with Crippen molar-refractivity contribution in [3.63, 3.8) is 0 Å². The third kappa shape index (κ3) is 4.44. The van der Waals surface area contributed by atoms with Crippen LogP contribution in [0.15, 0.2) is 59.2 Å². The third-order valence-corrected chi connectivity index (χ3v) is 6.28. The summed E-state index contributed by atoms with van der Waals surface area (Å²) in [5.41, 5.74) is 3.36. The fourth-order valence-electron chi connectivity index (χ4n) is 4.54. The Morgan fingerprint density at radius 2 is 1.82 bits per heavy atom. The van der Waals surface area contributed by atoms with Gasteiger partial charge in [0.05, 0.1) is 23.2 Å². The molecule has 7 heteroatoms. The Kier molecular flexibility index (Phi) is 5.77. The minimum absolute atomic E-state index is 0.0965. The number of furan rings is 1. The lowest BCUT2D eigenvalue weighted by atomic mass is 9.85. The summed E-state index contributed by atoms with van der Waals surface area (Å²) in [6.07, 6.45) is 6.90. The van der Waals surface area contributed by atoms with E-state index in [0.29, 0.717) is 49.9 Å². The zero-order valence-corrected chi connectivity index (χ0v) is 18.6. The van der Waals surface area contributed by atoms with Crippen LogP contribution in [0.2, 0.25) is 0 Å². The predicted molar refractivity (Wildman–Crippen MR) is 125 cm³/mol. The molecular formula is C26H26N4O3. The standard InChI is InChI=1S/C26H26N4O3/c1-18-24-21(16-20(17-22(24)31)10-9-19-6-3-2-4-7-19)28-26(27-18)30-13-11-29(12-14-30)25(32)23-8-5-15-33-23/h2-10,15,20H,11-14,16-17H2,1H3/b10-9+/t20-/m1/s1. The van der Waals surface area contributed by atoms with Gasteiger partial charge >= 0.3 is 0 Å². The number of benzene rings is 1. The van der Waals surface area contributed by atoms with Crippen molar-refractivity contribution < 1.29 is 14.0 Å². The van der Waals surface area contributed by atoms with Gasteiger partial charge in [-0.25, -0.2) is 9.97 Å². The number of fused-ring (bicyclic) bond motifs is 1. The molecule has 1 fully saturated rings. The second kappa shape index (κ2) is 9.02. The van der Waals surface area contributed by atoms with Crippen LogP contribution in [0.25, 0.3) is 6.08 Å². The summed E-state index contributed by atoms with van der Waals surface area (Å²) in [5, 5.41) is 0. The largest absolute Gasteiger partial charge is 0.459 e. The van der Waals surface area contributed by atoms with Gasteiger partial charge in [-0.1, -0.05) is 42.5 Å². The monoisotopic (exact) mass is 442 g/mol. The Hall–Kier alpha value is -3.74. The molecule has 168 valence electrons. The van der Waals surface area contributed by atoms with Crippen LogP contribution in [-0.4, -0.2) is 52.7 Å². The van der Waals surface area contributed by atoms with E-state index in [1.54, 1.807) is 17.0 Å². The van der Waals surface area contributed by atoms with Crippen LogP contribution < -0.4 is 4.90 Å². The molecule has 1 atom stereocenters. The van der Waals surface area contributed by atoms with Crippen LogP contribution in [0.5, 0.6) is 0 Å². The summed E-state index contributed by atoms with van der Waals surface area (Å²) >= 11 is 0. The van der Waals surface area contributed by atoms with Gasteiger partial charge in [0.2, 0.25) is 5.95 Å². The highest BCUT2D eigenvalue weighted by molar-refractivity contribution is 5.99. The molecule has 0 unspecified atom stereocenters. The summed E-state index contributed by atoms with van der Waals surface area (Å²) in [7, 11) is 0. The Labute approximate surface area is 192 Å². The summed E-state index contributed by atoms with van der Waals surface area (Å²) in [6, 6.07) is 13.5. The smallest absolute Gasteiger partial charge is 0.289 e. The maximum absolute atomic E-state index is 12.9. The second-order valence-corrected chi connectivity index (χ2v) is 8.55. The van der Waals surface area contributed by atoms with Crippen molar-refractivity contribution in [2.75, 3.05) is 31.1 Å². The van der Waals surface area contributed by atoms with Crippen molar-refractivity contribution >= 4 is 23.7 Å². The molecule has 33 heavy (non-hydrogen) atoms. The van der Waals surface area contributed by atoms with Crippen LogP contribution in [0.1, 0.15) is 44.3 Å². The fourth-order valence-corrected chi connectivity index (χ4v) is 4.54. The molecule has 3 heterocycles. The molecule has 3 aromatic rings. The first-order valence-electron chi connectivity index (χ1n) is 11.3. The predicted octanol–water partition coefficient (Wildman–Crippen LogP) is 3.80. The average Bonchev–Trinajstić information content (AvgIpc) is 3.38. The minimum Gasteiger partial charge on any atom is -0.459 e. The quantitative estimate of drug-likeness (QED) is 0.612. The number of aromatic nitrogens is 2. The van der Waals surface area contributed by atoms with Crippen molar-refractivity contribution in [2.45, 2.75) is 19.8 Å². The highest BCUT2D eigenvalue weighted by atomic mass is 16.3. The molecule has 0 bridgehead atoms. The summed E-state index contributed by atoms with van der Waals surface area (Å²) in [4.78, 5) is 38.7. The number of amides is 1. The maximum Gasteiger partial charge on any atom is 0.289 e. The van der Waals surface area contributed by atoms with E-state index in [2.05, 4.69) is 34.2 Å². The van der Waals surface area contributed by atoms with E-state index in [9.17, 15) is 9.59 Å². The number of anilines is 1. The van der Waals surface area contributed by atoms with E-state index in [4.69, 9.17) is 9.40 Å². The average molecular weight is 443 g/mol. The molecule has 2 aromatic heterocycles. The second-order valence-electron chi connectivity index (χ2n) is 8.55. The molecular weight excluding hydrogens is 416 g/mol. The number of hydrogen-bond donors (Lipinski definition) is 0. The minimum atomic E-state index is -0.0965. The number of Topliss-reactive ketones (excluding diaryl/α,β-unsaturated/α-hetero) is 1. The van der Waals surface area contributed by atoms with E-state index in [1.807, 2.05) is 25.1 Å². The Balaban J connectivity index is 1.30. The molecule has 2 aliphatic rings. The lowest BCUT2D eigenvalue weighted by Crippen LogP contribution is -2.49. The zero-order chi connectivity index (χ0) is 22.8. The van der Waals surface area contributed by atoms with Crippen LogP contribution in [0, 0.1) is 12.8 Å². The van der Waals surface area contributed by atoms with Gasteiger partial charge in [-0.3, -0.25) is 9.59 Å². The molecule has 1 aliphatic heterocycles. The molecule has 1 aliphatic carbocycles. The Bertz CT molecular complexity index is 1180. The van der Waals surface area contributed by atoms with Gasteiger partial charge < -0.3 is 14.2 Å². The molecule has 0 radical (unpaired) electrons. The van der Waals surface area contributed by atoms with Crippen molar-refractivity contribution in [3.05, 3.63) is 83.1 Å². The first kappa shape index (κ1) is 21.1.